The van der Waals surface area contributed by atoms with Crippen LogP contribution in [0.5, 0.6) is 0 Å². The summed E-state index contributed by atoms with van der Waals surface area (Å²) in [5.41, 5.74) is -0.201. The number of carbonyl (C=O) groups is 1. The first kappa shape index (κ1) is 15.9. The lowest BCUT2D eigenvalue weighted by Crippen LogP contribution is -2.32. The molecule has 110 valence electrons. The second-order valence-electron chi connectivity index (χ2n) is 4.80. The average molecular weight is 284 g/mol. The van der Waals surface area contributed by atoms with Gasteiger partial charge >= 0.3 is 5.97 Å². The van der Waals surface area contributed by atoms with Crippen LogP contribution in [-0.4, -0.2) is 24.0 Å². The number of ether oxygens (including phenoxy) is 1. The molecule has 0 amide bonds. The summed E-state index contributed by atoms with van der Waals surface area (Å²) >= 11 is 0. The fourth-order valence-corrected chi connectivity index (χ4v) is 1.79. The largest absolute Gasteiger partial charge is 0.467 e. The van der Waals surface area contributed by atoms with Crippen LogP contribution in [0.25, 0.3) is 0 Å². The van der Waals surface area contributed by atoms with E-state index in [1.54, 1.807) is 0 Å². The number of benzene rings is 1. The van der Waals surface area contributed by atoms with E-state index in [1.807, 2.05) is 13.8 Å². The third kappa shape index (κ3) is 4.49. The topological polar surface area (TPSA) is 81.5 Å². The minimum absolute atomic E-state index is 0.174. The van der Waals surface area contributed by atoms with Gasteiger partial charge in [0.1, 0.15) is 11.9 Å². The zero-order valence-corrected chi connectivity index (χ0v) is 11.6. The highest BCUT2D eigenvalue weighted by Crippen LogP contribution is 2.22. The van der Waals surface area contributed by atoms with Crippen molar-refractivity contribution >= 4 is 17.3 Å². The minimum Gasteiger partial charge on any atom is -0.467 e. The maximum atomic E-state index is 13.3. The van der Waals surface area contributed by atoms with Gasteiger partial charge < -0.3 is 10.1 Å². The average Bonchev–Trinajstić information content (AvgIpc) is 2.35. The lowest BCUT2D eigenvalue weighted by Gasteiger charge is -2.19. The van der Waals surface area contributed by atoms with Crippen molar-refractivity contribution in [2.24, 2.45) is 5.92 Å². The van der Waals surface area contributed by atoms with Crippen LogP contribution in [0.3, 0.4) is 0 Å². The van der Waals surface area contributed by atoms with Gasteiger partial charge in [0.15, 0.2) is 0 Å². The summed E-state index contributed by atoms with van der Waals surface area (Å²) in [5, 5.41) is 13.5. The number of rotatable bonds is 6. The van der Waals surface area contributed by atoms with Crippen LogP contribution in [-0.2, 0) is 9.53 Å². The lowest BCUT2D eigenvalue weighted by molar-refractivity contribution is -0.385. The van der Waals surface area contributed by atoms with E-state index >= 15 is 0 Å². The van der Waals surface area contributed by atoms with E-state index in [0.29, 0.717) is 6.42 Å². The Morgan fingerprint density at radius 3 is 2.60 bits per heavy atom. The van der Waals surface area contributed by atoms with Crippen LogP contribution >= 0.6 is 0 Å². The first-order chi connectivity index (χ1) is 9.33. The zero-order chi connectivity index (χ0) is 15.3. The highest BCUT2D eigenvalue weighted by Gasteiger charge is 2.21. The Kier molecular flexibility index (Phi) is 5.42. The van der Waals surface area contributed by atoms with Crippen molar-refractivity contribution in [3.63, 3.8) is 0 Å². The molecular formula is C13H17FN2O4. The lowest BCUT2D eigenvalue weighted by atomic mass is 10.0. The number of nitrogens with one attached hydrogen (secondary N) is 1. The fraction of sp³-hybridized carbons (Fsp3) is 0.462. The van der Waals surface area contributed by atoms with Crippen molar-refractivity contribution in [3.05, 3.63) is 34.1 Å². The molecule has 0 saturated heterocycles. The Hall–Kier alpha value is -2.18. The number of nitro benzene ring substituents is 1. The predicted molar refractivity (Wildman–Crippen MR) is 71.9 cm³/mol. The molecule has 0 aliphatic rings. The number of anilines is 1. The molecule has 1 atom stereocenters. The maximum Gasteiger partial charge on any atom is 0.328 e. The van der Waals surface area contributed by atoms with E-state index in [1.165, 1.54) is 13.2 Å². The smallest absolute Gasteiger partial charge is 0.328 e. The van der Waals surface area contributed by atoms with Crippen LogP contribution in [0.2, 0.25) is 0 Å². The summed E-state index contributed by atoms with van der Waals surface area (Å²) in [4.78, 5) is 21.6. The van der Waals surface area contributed by atoms with E-state index < -0.39 is 22.8 Å². The van der Waals surface area contributed by atoms with Gasteiger partial charge in [-0.2, -0.15) is 0 Å². The number of nitro groups is 1. The number of esters is 1. The molecular weight excluding hydrogens is 267 g/mol. The van der Waals surface area contributed by atoms with E-state index in [-0.39, 0.29) is 17.3 Å². The monoisotopic (exact) mass is 284 g/mol. The molecule has 0 bridgehead atoms. The predicted octanol–water partition coefficient (Wildman–Crippen LogP) is 2.73. The first-order valence-electron chi connectivity index (χ1n) is 6.12. The van der Waals surface area contributed by atoms with E-state index in [9.17, 15) is 19.3 Å². The van der Waals surface area contributed by atoms with E-state index in [0.717, 1.165) is 12.1 Å². The Balaban J connectivity index is 2.98. The van der Waals surface area contributed by atoms with Crippen molar-refractivity contribution in [1.29, 1.82) is 0 Å². The van der Waals surface area contributed by atoms with Gasteiger partial charge in [0.25, 0.3) is 5.69 Å². The molecule has 0 radical (unpaired) electrons. The quantitative estimate of drug-likeness (QED) is 0.493. The summed E-state index contributed by atoms with van der Waals surface area (Å²) in [6, 6.07) is 2.42. The number of halogens is 1. The van der Waals surface area contributed by atoms with Gasteiger partial charge in [-0.15, -0.1) is 0 Å². The molecule has 0 heterocycles. The molecule has 0 aromatic heterocycles. The number of methoxy groups -OCH3 is 1. The molecule has 1 unspecified atom stereocenters. The first-order valence-corrected chi connectivity index (χ1v) is 6.12. The van der Waals surface area contributed by atoms with Crippen LogP contribution < -0.4 is 5.32 Å². The van der Waals surface area contributed by atoms with Crippen LogP contribution in [0.4, 0.5) is 15.8 Å². The maximum absolute atomic E-state index is 13.3. The molecule has 0 aliphatic carbocycles. The second kappa shape index (κ2) is 6.83. The van der Waals surface area contributed by atoms with E-state index in [4.69, 9.17) is 0 Å². The van der Waals surface area contributed by atoms with Crippen molar-refractivity contribution in [2.45, 2.75) is 26.3 Å². The highest BCUT2D eigenvalue weighted by atomic mass is 19.1. The number of nitrogens with zero attached hydrogens (tertiary/aromatic N) is 1. The molecule has 0 spiro atoms. The number of non-ortho nitro benzene ring substituents is 1. The molecule has 1 aromatic rings. The van der Waals surface area contributed by atoms with Gasteiger partial charge in [-0.05, 0) is 18.4 Å². The van der Waals surface area contributed by atoms with Gasteiger partial charge in [-0.25, -0.2) is 9.18 Å². The third-order valence-corrected chi connectivity index (χ3v) is 2.63. The highest BCUT2D eigenvalue weighted by molar-refractivity contribution is 5.79. The molecule has 1 N–H and O–H groups in total. The third-order valence-electron chi connectivity index (χ3n) is 2.63. The molecule has 1 rings (SSSR count). The summed E-state index contributed by atoms with van der Waals surface area (Å²) in [7, 11) is 1.26. The van der Waals surface area contributed by atoms with Gasteiger partial charge in [-0.3, -0.25) is 10.1 Å². The summed E-state index contributed by atoms with van der Waals surface area (Å²) in [6.45, 7) is 3.84. The zero-order valence-electron chi connectivity index (χ0n) is 11.6. The van der Waals surface area contributed by atoms with E-state index in [2.05, 4.69) is 10.1 Å². The molecule has 0 saturated carbocycles. The Morgan fingerprint density at radius 1 is 1.45 bits per heavy atom. The van der Waals surface area contributed by atoms with Gasteiger partial charge in [-0.1, -0.05) is 13.8 Å². The SMILES string of the molecule is COC(=O)C(CC(C)C)Nc1cc(F)cc([N+](=O)[O-])c1. The molecule has 1 aromatic carbocycles. The van der Waals surface area contributed by atoms with Gasteiger partial charge in [0.2, 0.25) is 0 Å². The number of carbonyl (C=O) groups excluding carboxylic acids is 1. The molecule has 6 nitrogen and oxygen atoms in total. The van der Waals surface area contributed by atoms with Crippen molar-refractivity contribution in [1.82, 2.24) is 0 Å². The molecule has 0 fully saturated rings. The van der Waals surface area contributed by atoms with Gasteiger partial charge in [0.05, 0.1) is 18.1 Å². The van der Waals surface area contributed by atoms with Crippen LogP contribution in [0, 0.1) is 21.8 Å². The summed E-state index contributed by atoms with van der Waals surface area (Å²) < 4.78 is 18.0. The molecule has 20 heavy (non-hydrogen) atoms. The van der Waals surface area contributed by atoms with Crippen LogP contribution in [0.15, 0.2) is 18.2 Å². The van der Waals surface area contributed by atoms with Crippen molar-refractivity contribution < 1.29 is 18.8 Å². The Labute approximate surface area is 116 Å². The fourth-order valence-electron chi connectivity index (χ4n) is 1.79. The van der Waals surface area contributed by atoms with Crippen molar-refractivity contribution in [2.75, 3.05) is 12.4 Å². The standard InChI is InChI=1S/C13H17FN2O4/c1-8(2)4-12(13(17)20-3)15-10-5-9(14)6-11(7-10)16(18)19/h5-8,12,15H,4H2,1-3H3. The van der Waals surface area contributed by atoms with Gasteiger partial charge in [0, 0.05) is 11.8 Å². The Bertz CT molecular complexity index is 505. The Morgan fingerprint density at radius 2 is 2.10 bits per heavy atom. The summed E-state index contributed by atoms with van der Waals surface area (Å²) in [6.07, 6.45) is 0.469. The summed E-state index contributed by atoms with van der Waals surface area (Å²) in [5.74, 6) is -1.03. The second-order valence-corrected chi connectivity index (χ2v) is 4.80. The number of hydrogen-bond donors (Lipinski definition) is 1. The molecule has 7 heteroatoms. The van der Waals surface area contributed by atoms with Crippen LogP contribution in [0.1, 0.15) is 20.3 Å². The minimum atomic E-state index is -0.741. The normalized spacial score (nSPS) is 12.1. The number of hydrogen-bond acceptors (Lipinski definition) is 5. The molecule has 0 aliphatic heterocycles. The van der Waals surface area contributed by atoms with Crippen molar-refractivity contribution in [3.8, 4) is 0 Å².